The average molecular weight is 442 g/mol. The van der Waals surface area contributed by atoms with Gasteiger partial charge in [-0.2, -0.15) is 0 Å². The van der Waals surface area contributed by atoms with Gasteiger partial charge < -0.3 is 26.0 Å². The predicted molar refractivity (Wildman–Crippen MR) is 116 cm³/mol. The fourth-order valence-electron chi connectivity index (χ4n) is 3.58. The SMILES string of the molecule is CC[C@H]1O[C@@H](c2ccncc2NC(=O)c2nc(-c3nccs3)ccc2N)C[C@@H](O)[C@@H]1O. The van der Waals surface area contributed by atoms with Crippen molar-refractivity contribution in [1.29, 1.82) is 0 Å². The zero-order valence-corrected chi connectivity index (χ0v) is 17.6. The standard InChI is InChI=1S/C21H23N5O4S/c1-2-16-19(28)15(27)9-17(30-16)11-5-6-23-10-14(11)26-20(29)18-12(22)3-4-13(25-18)21-24-7-8-31-21/h3-8,10,15-17,19,27-28H,2,9,22H2,1H3,(H,26,29)/t15-,16-,17-,19+/m1/s1. The first kappa shape index (κ1) is 21.3. The van der Waals surface area contributed by atoms with E-state index in [1.807, 2.05) is 12.3 Å². The quantitative estimate of drug-likeness (QED) is 0.472. The summed E-state index contributed by atoms with van der Waals surface area (Å²) in [6.45, 7) is 1.88. The number of aliphatic hydroxyl groups is 2. The van der Waals surface area contributed by atoms with Crippen LogP contribution in [0.25, 0.3) is 10.7 Å². The second kappa shape index (κ2) is 9.06. The number of carbonyl (C=O) groups excluding carboxylic acids is 1. The minimum Gasteiger partial charge on any atom is -0.397 e. The molecule has 0 saturated carbocycles. The molecule has 0 aromatic carbocycles. The van der Waals surface area contributed by atoms with E-state index in [9.17, 15) is 15.0 Å². The summed E-state index contributed by atoms with van der Waals surface area (Å²) < 4.78 is 5.99. The Labute approximate surface area is 183 Å². The number of nitrogen functional groups attached to an aromatic ring is 1. The molecule has 162 valence electrons. The Bertz CT molecular complexity index is 1060. The number of anilines is 2. The van der Waals surface area contributed by atoms with E-state index in [1.165, 1.54) is 17.5 Å². The van der Waals surface area contributed by atoms with Crippen molar-refractivity contribution in [3.05, 3.63) is 53.4 Å². The molecular formula is C21H23N5O4S. The topological polar surface area (TPSA) is 143 Å². The summed E-state index contributed by atoms with van der Waals surface area (Å²) in [6, 6.07) is 5.06. The van der Waals surface area contributed by atoms with Gasteiger partial charge in [-0.15, -0.1) is 11.3 Å². The maximum Gasteiger partial charge on any atom is 0.276 e. The summed E-state index contributed by atoms with van der Waals surface area (Å²) >= 11 is 1.41. The minimum absolute atomic E-state index is 0.0777. The zero-order chi connectivity index (χ0) is 22.0. The van der Waals surface area contributed by atoms with Gasteiger partial charge >= 0.3 is 0 Å². The van der Waals surface area contributed by atoms with Crippen LogP contribution in [-0.4, -0.2) is 49.4 Å². The first-order valence-electron chi connectivity index (χ1n) is 9.91. The molecule has 0 aliphatic carbocycles. The molecule has 9 nitrogen and oxygen atoms in total. The Balaban J connectivity index is 1.60. The van der Waals surface area contributed by atoms with E-state index in [-0.39, 0.29) is 17.8 Å². The van der Waals surface area contributed by atoms with Crippen LogP contribution in [-0.2, 0) is 4.74 Å². The summed E-state index contributed by atoms with van der Waals surface area (Å²) in [7, 11) is 0. The Morgan fingerprint density at radius 3 is 2.90 bits per heavy atom. The van der Waals surface area contributed by atoms with Crippen molar-refractivity contribution in [2.45, 2.75) is 44.2 Å². The van der Waals surface area contributed by atoms with Gasteiger partial charge in [0.15, 0.2) is 5.69 Å². The van der Waals surface area contributed by atoms with Crippen LogP contribution in [0.4, 0.5) is 11.4 Å². The van der Waals surface area contributed by atoms with Crippen molar-refractivity contribution < 1.29 is 19.7 Å². The molecule has 1 aliphatic heterocycles. The van der Waals surface area contributed by atoms with Gasteiger partial charge in [0.05, 0.1) is 41.6 Å². The largest absolute Gasteiger partial charge is 0.397 e. The van der Waals surface area contributed by atoms with Crippen LogP contribution in [0.5, 0.6) is 0 Å². The van der Waals surface area contributed by atoms with Crippen molar-refractivity contribution in [1.82, 2.24) is 15.0 Å². The van der Waals surface area contributed by atoms with Gasteiger partial charge in [-0.25, -0.2) is 9.97 Å². The number of aliphatic hydroxyl groups excluding tert-OH is 2. The number of amides is 1. The van der Waals surface area contributed by atoms with Gasteiger partial charge in [-0.05, 0) is 24.6 Å². The highest BCUT2D eigenvalue weighted by Crippen LogP contribution is 2.36. The molecule has 4 heterocycles. The monoisotopic (exact) mass is 441 g/mol. The Morgan fingerprint density at radius 2 is 2.16 bits per heavy atom. The van der Waals surface area contributed by atoms with Crippen LogP contribution in [0.3, 0.4) is 0 Å². The highest BCUT2D eigenvalue weighted by Gasteiger charge is 2.37. The summed E-state index contributed by atoms with van der Waals surface area (Å²) in [5.41, 5.74) is 7.96. The van der Waals surface area contributed by atoms with Gasteiger partial charge in [0.2, 0.25) is 0 Å². The third-order valence-electron chi connectivity index (χ3n) is 5.21. The van der Waals surface area contributed by atoms with Gasteiger partial charge in [-0.3, -0.25) is 9.78 Å². The number of ether oxygens (including phenoxy) is 1. The molecule has 1 aliphatic rings. The van der Waals surface area contributed by atoms with Crippen molar-refractivity contribution in [3.63, 3.8) is 0 Å². The van der Waals surface area contributed by atoms with Crippen molar-refractivity contribution in [2.24, 2.45) is 0 Å². The fourth-order valence-corrected chi connectivity index (χ4v) is 4.19. The molecule has 0 radical (unpaired) electrons. The molecule has 31 heavy (non-hydrogen) atoms. The van der Waals surface area contributed by atoms with E-state index >= 15 is 0 Å². The molecule has 1 saturated heterocycles. The van der Waals surface area contributed by atoms with Gasteiger partial charge in [0.1, 0.15) is 11.1 Å². The molecule has 0 spiro atoms. The maximum atomic E-state index is 13.0. The maximum absolute atomic E-state index is 13.0. The zero-order valence-electron chi connectivity index (χ0n) is 16.8. The van der Waals surface area contributed by atoms with Crippen LogP contribution in [0.2, 0.25) is 0 Å². The number of nitrogens with two attached hydrogens (primary N) is 1. The lowest BCUT2D eigenvalue weighted by molar-refractivity contribution is -0.170. The van der Waals surface area contributed by atoms with E-state index in [0.717, 1.165) is 0 Å². The van der Waals surface area contributed by atoms with Crippen LogP contribution in [0.15, 0.2) is 42.2 Å². The molecular weight excluding hydrogens is 418 g/mol. The number of nitrogens with zero attached hydrogens (tertiary/aromatic N) is 3. The fraction of sp³-hybridized carbons (Fsp3) is 0.333. The predicted octanol–water partition coefficient (Wildman–Crippen LogP) is 2.40. The second-order valence-corrected chi connectivity index (χ2v) is 8.15. The number of hydrogen-bond donors (Lipinski definition) is 4. The number of nitrogens with one attached hydrogen (secondary N) is 1. The molecule has 3 aromatic rings. The summed E-state index contributed by atoms with van der Waals surface area (Å²) in [6.07, 6.45) is 2.63. The number of pyridine rings is 2. The smallest absolute Gasteiger partial charge is 0.276 e. The van der Waals surface area contributed by atoms with Crippen LogP contribution < -0.4 is 11.1 Å². The number of thiazole rings is 1. The molecule has 3 aromatic heterocycles. The van der Waals surface area contributed by atoms with Crippen molar-refractivity contribution in [3.8, 4) is 10.7 Å². The molecule has 1 fully saturated rings. The first-order chi connectivity index (χ1) is 15.0. The van der Waals surface area contributed by atoms with E-state index in [4.69, 9.17) is 10.5 Å². The normalized spacial score (nSPS) is 23.5. The Hall–Kier alpha value is -2.92. The van der Waals surface area contributed by atoms with Crippen LogP contribution in [0.1, 0.15) is 41.9 Å². The summed E-state index contributed by atoms with van der Waals surface area (Å²) in [5, 5.41) is 25.7. The van der Waals surface area contributed by atoms with E-state index in [0.29, 0.717) is 28.4 Å². The molecule has 10 heteroatoms. The highest BCUT2D eigenvalue weighted by atomic mass is 32.1. The first-order valence-corrected chi connectivity index (χ1v) is 10.8. The second-order valence-electron chi connectivity index (χ2n) is 7.25. The number of aromatic nitrogens is 3. The Morgan fingerprint density at radius 1 is 1.32 bits per heavy atom. The highest BCUT2D eigenvalue weighted by molar-refractivity contribution is 7.13. The summed E-state index contributed by atoms with van der Waals surface area (Å²) in [5.74, 6) is -0.492. The Kier molecular flexibility index (Phi) is 6.23. The number of hydrogen-bond acceptors (Lipinski definition) is 9. The lowest BCUT2D eigenvalue weighted by Crippen LogP contribution is -2.45. The third-order valence-corrected chi connectivity index (χ3v) is 6.01. The number of rotatable bonds is 5. The molecule has 1 amide bonds. The van der Waals surface area contributed by atoms with Crippen molar-refractivity contribution >= 4 is 28.6 Å². The van der Waals surface area contributed by atoms with Gasteiger partial charge in [0.25, 0.3) is 5.91 Å². The van der Waals surface area contributed by atoms with Gasteiger partial charge in [0, 0.05) is 29.8 Å². The molecule has 4 rings (SSSR count). The van der Waals surface area contributed by atoms with Crippen LogP contribution >= 0.6 is 11.3 Å². The van der Waals surface area contributed by atoms with Gasteiger partial charge in [-0.1, -0.05) is 6.92 Å². The van der Waals surface area contributed by atoms with Crippen molar-refractivity contribution in [2.75, 3.05) is 11.1 Å². The molecule has 4 atom stereocenters. The van der Waals surface area contributed by atoms with E-state index in [2.05, 4.69) is 20.3 Å². The minimum atomic E-state index is -0.946. The molecule has 5 N–H and O–H groups in total. The summed E-state index contributed by atoms with van der Waals surface area (Å²) in [4.78, 5) is 25.7. The lowest BCUT2D eigenvalue weighted by atomic mass is 9.92. The lowest BCUT2D eigenvalue weighted by Gasteiger charge is -2.37. The average Bonchev–Trinajstić information content (AvgIpc) is 3.31. The number of carbonyl (C=O) groups is 1. The molecule has 0 unspecified atom stereocenters. The van der Waals surface area contributed by atoms with Crippen LogP contribution in [0, 0.1) is 0 Å². The molecule has 0 bridgehead atoms. The van der Waals surface area contributed by atoms with E-state index in [1.54, 1.807) is 30.6 Å². The third kappa shape index (κ3) is 4.42. The van der Waals surface area contributed by atoms with E-state index < -0.39 is 30.3 Å².